The number of aromatic nitrogens is 3. The smallest absolute Gasteiger partial charge is 0.417 e. The van der Waals surface area contributed by atoms with Gasteiger partial charge >= 0.3 is 6.09 Å². The molecule has 1 aliphatic rings. The van der Waals surface area contributed by atoms with Crippen LogP contribution in [0.25, 0.3) is 0 Å². The predicted octanol–water partition coefficient (Wildman–Crippen LogP) is 4.88. The molecule has 8 nitrogen and oxygen atoms in total. The van der Waals surface area contributed by atoms with Crippen molar-refractivity contribution >= 4 is 18.0 Å². The molecule has 1 unspecified atom stereocenters. The van der Waals surface area contributed by atoms with E-state index in [0.29, 0.717) is 24.3 Å². The number of benzene rings is 2. The van der Waals surface area contributed by atoms with E-state index < -0.39 is 6.09 Å². The molecule has 1 aromatic heterocycles. The molecule has 1 saturated heterocycles. The predicted molar refractivity (Wildman–Crippen MR) is 117 cm³/mol. The number of para-hydroxylation sites is 1. The maximum absolute atomic E-state index is 12.1. The van der Waals surface area contributed by atoms with Crippen molar-refractivity contribution in [1.82, 2.24) is 15.0 Å². The van der Waals surface area contributed by atoms with Crippen molar-refractivity contribution in [1.29, 1.82) is 0 Å². The first-order valence-corrected chi connectivity index (χ1v) is 10.3. The van der Waals surface area contributed by atoms with Crippen LogP contribution in [-0.4, -0.2) is 33.7 Å². The third kappa shape index (κ3) is 4.74. The molecule has 1 aliphatic heterocycles. The minimum absolute atomic E-state index is 0.0621. The summed E-state index contributed by atoms with van der Waals surface area (Å²) < 4.78 is 11.0. The summed E-state index contributed by atoms with van der Waals surface area (Å²) in [5.41, 5.74) is 1.05. The highest BCUT2D eigenvalue weighted by atomic mass is 16.6. The van der Waals surface area contributed by atoms with E-state index in [0.717, 1.165) is 23.5 Å². The van der Waals surface area contributed by atoms with Crippen LogP contribution in [0.15, 0.2) is 54.6 Å². The Balaban J connectivity index is 1.47. The molecule has 1 fully saturated rings. The van der Waals surface area contributed by atoms with Crippen molar-refractivity contribution in [2.75, 3.05) is 16.8 Å². The first-order chi connectivity index (χ1) is 15.0. The van der Waals surface area contributed by atoms with E-state index >= 15 is 0 Å². The van der Waals surface area contributed by atoms with Gasteiger partial charge in [-0.15, -0.1) is 0 Å². The zero-order chi connectivity index (χ0) is 21.8. The van der Waals surface area contributed by atoms with E-state index in [1.807, 2.05) is 68.4 Å². The average molecular weight is 419 g/mol. The Morgan fingerprint density at radius 2 is 1.81 bits per heavy atom. The summed E-state index contributed by atoms with van der Waals surface area (Å²) in [5, 5.41) is 3.30. The van der Waals surface area contributed by atoms with E-state index in [4.69, 9.17) is 9.47 Å². The molecule has 0 bridgehead atoms. The molecule has 0 spiro atoms. The van der Waals surface area contributed by atoms with Crippen LogP contribution in [0, 0.1) is 6.92 Å². The lowest BCUT2D eigenvalue weighted by atomic mass is 10.1. The van der Waals surface area contributed by atoms with Gasteiger partial charge in [0.1, 0.15) is 23.9 Å². The SMILES string of the molecule is CC[C@H]1COC(=O)N1c1nc(C)nc(NC(C)c2ccc(Oc3ccccc3)cc2)n1. The van der Waals surface area contributed by atoms with Gasteiger partial charge in [-0.3, -0.25) is 0 Å². The maximum atomic E-state index is 12.1. The molecule has 4 rings (SSSR count). The van der Waals surface area contributed by atoms with Gasteiger partial charge in [0.2, 0.25) is 11.9 Å². The zero-order valence-electron chi connectivity index (χ0n) is 17.8. The number of nitrogens with zero attached hydrogens (tertiary/aromatic N) is 4. The van der Waals surface area contributed by atoms with Crippen LogP contribution in [-0.2, 0) is 4.74 Å². The fourth-order valence-corrected chi connectivity index (χ4v) is 3.37. The summed E-state index contributed by atoms with van der Waals surface area (Å²) >= 11 is 0. The molecule has 3 aromatic rings. The van der Waals surface area contributed by atoms with Gasteiger partial charge in [-0.05, 0) is 50.1 Å². The lowest BCUT2D eigenvalue weighted by molar-refractivity contribution is 0.178. The first kappa shape index (κ1) is 20.6. The molecule has 0 saturated carbocycles. The Bertz CT molecular complexity index is 1040. The van der Waals surface area contributed by atoms with E-state index in [1.165, 1.54) is 4.90 Å². The number of cyclic esters (lactones) is 1. The minimum atomic E-state index is -0.426. The summed E-state index contributed by atoms with van der Waals surface area (Å²) in [6.45, 7) is 6.14. The number of hydrogen-bond acceptors (Lipinski definition) is 7. The normalized spacial score (nSPS) is 16.7. The van der Waals surface area contributed by atoms with Crippen LogP contribution >= 0.6 is 0 Å². The summed E-state index contributed by atoms with van der Waals surface area (Å²) in [6, 6.07) is 17.4. The van der Waals surface area contributed by atoms with Gasteiger partial charge in [0, 0.05) is 0 Å². The van der Waals surface area contributed by atoms with E-state index in [-0.39, 0.29) is 12.1 Å². The first-order valence-electron chi connectivity index (χ1n) is 10.3. The molecule has 2 heterocycles. The van der Waals surface area contributed by atoms with Crippen molar-refractivity contribution in [3.63, 3.8) is 0 Å². The third-order valence-corrected chi connectivity index (χ3v) is 5.09. The largest absolute Gasteiger partial charge is 0.457 e. The topological polar surface area (TPSA) is 89.5 Å². The molecule has 0 aliphatic carbocycles. The molecule has 0 radical (unpaired) electrons. The fraction of sp³-hybridized carbons (Fsp3) is 0.304. The van der Waals surface area contributed by atoms with Gasteiger partial charge in [-0.25, -0.2) is 9.69 Å². The van der Waals surface area contributed by atoms with Crippen molar-refractivity contribution in [3.05, 3.63) is 66.0 Å². The quantitative estimate of drug-likeness (QED) is 0.584. The Hall–Kier alpha value is -3.68. The van der Waals surface area contributed by atoms with Crippen molar-refractivity contribution < 1.29 is 14.3 Å². The molecule has 1 amide bonds. The number of aryl methyl sites for hydroxylation is 1. The highest BCUT2D eigenvalue weighted by molar-refractivity contribution is 5.88. The number of anilines is 2. The monoisotopic (exact) mass is 419 g/mol. The molecule has 2 atom stereocenters. The lowest BCUT2D eigenvalue weighted by Gasteiger charge is -2.20. The molecule has 8 heteroatoms. The van der Waals surface area contributed by atoms with Crippen LogP contribution in [0.1, 0.15) is 37.7 Å². The van der Waals surface area contributed by atoms with Crippen LogP contribution < -0.4 is 15.0 Å². The summed E-state index contributed by atoms with van der Waals surface area (Å²) in [6.07, 6.45) is 0.331. The van der Waals surface area contributed by atoms with E-state index in [1.54, 1.807) is 6.92 Å². The van der Waals surface area contributed by atoms with Gasteiger partial charge in [-0.1, -0.05) is 37.3 Å². The van der Waals surface area contributed by atoms with Gasteiger partial charge in [-0.2, -0.15) is 15.0 Å². The van der Waals surface area contributed by atoms with Crippen molar-refractivity contribution in [2.24, 2.45) is 0 Å². The number of hydrogen-bond donors (Lipinski definition) is 1. The van der Waals surface area contributed by atoms with Crippen LogP contribution in [0.4, 0.5) is 16.7 Å². The Morgan fingerprint density at radius 3 is 2.52 bits per heavy atom. The van der Waals surface area contributed by atoms with Gasteiger partial charge in [0.05, 0.1) is 12.1 Å². The summed E-state index contributed by atoms with van der Waals surface area (Å²) in [5.74, 6) is 2.80. The van der Waals surface area contributed by atoms with Crippen LogP contribution in [0.2, 0.25) is 0 Å². The number of carbonyl (C=O) groups is 1. The van der Waals surface area contributed by atoms with Crippen molar-refractivity contribution in [3.8, 4) is 11.5 Å². The number of rotatable bonds is 7. The van der Waals surface area contributed by atoms with Crippen LogP contribution in [0.3, 0.4) is 0 Å². The average Bonchev–Trinajstić information content (AvgIpc) is 3.15. The summed E-state index contributed by atoms with van der Waals surface area (Å²) in [7, 11) is 0. The van der Waals surface area contributed by atoms with E-state index in [2.05, 4.69) is 20.3 Å². The van der Waals surface area contributed by atoms with Crippen molar-refractivity contribution in [2.45, 2.75) is 39.3 Å². The Labute approximate surface area is 181 Å². The lowest BCUT2D eigenvalue weighted by Crippen LogP contribution is -2.34. The van der Waals surface area contributed by atoms with Gasteiger partial charge in [0.15, 0.2) is 0 Å². The van der Waals surface area contributed by atoms with Gasteiger partial charge < -0.3 is 14.8 Å². The second-order valence-corrected chi connectivity index (χ2v) is 7.37. The molecular formula is C23H25N5O3. The highest BCUT2D eigenvalue weighted by Gasteiger charge is 2.35. The maximum Gasteiger partial charge on any atom is 0.417 e. The number of carbonyl (C=O) groups excluding carboxylic acids is 1. The molecule has 2 aromatic carbocycles. The Kier molecular flexibility index (Phi) is 5.97. The number of ether oxygens (including phenoxy) is 2. The standard InChI is InChI=1S/C23H25N5O3/c1-4-18-14-30-23(29)28(18)22-26-16(3)25-21(27-22)24-15(2)17-10-12-20(13-11-17)31-19-8-6-5-7-9-19/h5-13,15,18H,4,14H2,1-3H3,(H,24,25,26,27)/t15?,18-/m0/s1. The molecular weight excluding hydrogens is 394 g/mol. The molecule has 160 valence electrons. The van der Waals surface area contributed by atoms with E-state index in [9.17, 15) is 4.79 Å². The zero-order valence-corrected chi connectivity index (χ0v) is 17.8. The third-order valence-electron chi connectivity index (χ3n) is 5.09. The second kappa shape index (κ2) is 8.99. The minimum Gasteiger partial charge on any atom is -0.457 e. The fourth-order valence-electron chi connectivity index (χ4n) is 3.37. The molecule has 1 N–H and O–H groups in total. The number of nitrogens with one attached hydrogen (secondary N) is 1. The molecule has 31 heavy (non-hydrogen) atoms. The van der Waals surface area contributed by atoms with Gasteiger partial charge in [0.25, 0.3) is 0 Å². The highest BCUT2D eigenvalue weighted by Crippen LogP contribution is 2.26. The van der Waals surface area contributed by atoms with Crippen LogP contribution in [0.5, 0.6) is 11.5 Å². The number of amides is 1. The Morgan fingerprint density at radius 1 is 1.10 bits per heavy atom. The summed E-state index contributed by atoms with van der Waals surface area (Å²) in [4.78, 5) is 26.8. The second-order valence-electron chi connectivity index (χ2n) is 7.37.